The number of nitrogens with zero attached hydrogens (tertiary/aromatic N) is 1. The summed E-state index contributed by atoms with van der Waals surface area (Å²) in [4.78, 5) is 36.9. The minimum atomic E-state index is -0.821. The van der Waals surface area contributed by atoms with E-state index < -0.39 is 23.6 Å². The van der Waals surface area contributed by atoms with Gasteiger partial charge < -0.3 is 20.5 Å². The maximum absolute atomic E-state index is 13.9. The zero-order valence-corrected chi connectivity index (χ0v) is 19.6. The van der Waals surface area contributed by atoms with Crippen LogP contribution in [0.15, 0.2) is 54.1 Å². The Kier molecular flexibility index (Phi) is 7.96. The van der Waals surface area contributed by atoms with Gasteiger partial charge in [0.25, 0.3) is 11.8 Å². The highest BCUT2D eigenvalue weighted by Crippen LogP contribution is 2.34. The van der Waals surface area contributed by atoms with Crippen LogP contribution in [0.1, 0.15) is 36.7 Å². The van der Waals surface area contributed by atoms with Gasteiger partial charge >= 0.3 is 5.97 Å². The van der Waals surface area contributed by atoms with Crippen LogP contribution in [0.4, 0.5) is 9.39 Å². The number of thiophene rings is 1. The first kappa shape index (κ1) is 25.1. The van der Waals surface area contributed by atoms with E-state index in [1.807, 2.05) is 6.07 Å². The second-order valence-electron chi connectivity index (χ2n) is 7.16. The summed E-state index contributed by atoms with van der Waals surface area (Å²) in [5.74, 6) is -2.44. The second-order valence-corrected chi connectivity index (χ2v) is 8.18. The Morgan fingerprint density at radius 3 is 2.51 bits per heavy atom. The third kappa shape index (κ3) is 5.72. The summed E-state index contributed by atoms with van der Waals surface area (Å²) in [6, 6.07) is 14.6. The van der Waals surface area contributed by atoms with Crippen LogP contribution in [0.2, 0.25) is 0 Å². The van der Waals surface area contributed by atoms with Crippen LogP contribution >= 0.6 is 11.3 Å². The van der Waals surface area contributed by atoms with Gasteiger partial charge in [0.15, 0.2) is 0 Å². The Morgan fingerprint density at radius 1 is 1.17 bits per heavy atom. The van der Waals surface area contributed by atoms with E-state index in [0.29, 0.717) is 16.9 Å². The van der Waals surface area contributed by atoms with Crippen LogP contribution in [-0.2, 0) is 16.1 Å². The van der Waals surface area contributed by atoms with Crippen molar-refractivity contribution in [3.8, 4) is 11.8 Å². The lowest BCUT2D eigenvalue weighted by atomic mass is 10.1. The Morgan fingerprint density at radius 2 is 1.86 bits per heavy atom. The van der Waals surface area contributed by atoms with Crippen molar-refractivity contribution in [1.82, 2.24) is 0 Å². The molecular weight excluding hydrogens is 473 g/mol. The number of nitrogens with two attached hydrogens (primary N) is 1. The van der Waals surface area contributed by atoms with Gasteiger partial charge in [0, 0.05) is 11.1 Å². The van der Waals surface area contributed by atoms with Gasteiger partial charge in [0.2, 0.25) is 0 Å². The molecule has 0 radical (unpaired) electrons. The van der Waals surface area contributed by atoms with E-state index in [4.69, 9.17) is 15.2 Å². The number of nitriles is 1. The highest BCUT2D eigenvalue weighted by atomic mass is 32.1. The minimum Gasteiger partial charge on any atom is -0.488 e. The van der Waals surface area contributed by atoms with Gasteiger partial charge in [-0.2, -0.15) is 5.26 Å². The molecule has 10 heteroatoms. The van der Waals surface area contributed by atoms with Gasteiger partial charge in [0.05, 0.1) is 17.6 Å². The van der Waals surface area contributed by atoms with E-state index in [1.54, 1.807) is 42.5 Å². The van der Waals surface area contributed by atoms with Crippen molar-refractivity contribution in [3.05, 3.63) is 87.1 Å². The molecule has 3 aromatic rings. The van der Waals surface area contributed by atoms with Crippen LogP contribution < -0.4 is 15.8 Å². The third-order valence-electron chi connectivity index (χ3n) is 4.91. The van der Waals surface area contributed by atoms with E-state index in [9.17, 15) is 24.0 Å². The number of nitrogens with one attached hydrogen (secondary N) is 1. The number of benzene rings is 2. The molecular formula is C25H20FN3O5S. The number of amides is 2. The average Bonchev–Trinajstić information content (AvgIpc) is 3.17. The number of halogens is 1. The fourth-order valence-electron chi connectivity index (χ4n) is 3.16. The lowest BCUT2D eigenvalue weighted by Crippen LogP contribution is -2.15. The largest absolute Gasteiger partial charge is 0.488 e. The van der Waals surface area contributed by atoms with Crippen molar-refractivity contribution in [2.45, 2.75) is 13.5 Å². The second kappa shape index (κ2) is 11.1. The molecule has 0 saturated carbocycles. The predicted molar refractivity (Wildman–Crippen MR) is 128 cm³/mol. The van der Waals surface area contributed by atoms with Crippen molar-refractivity contribution >= 4 is 40.2 Å². The summed E-state index contributed by atoms with van der Waals surface area (Å²) in [6.45, 7) is 1.45. The number of esters is 1. The number of ether oxygens (including phenoxy) is 2. The number of rotatable bonds is 8. The molecule has 3 rings (SSSR count). The highest BCUT2D eigenvalue weighted by Gasteiger charge is 2.26. The first-order chi connectivity index (χ1) is 16.8. The summed E-state index contributed by atoms with van der Waals surface area (Å²) in [7, 11) is 1.16. The minimum absolute atomic E-state index is 0.0226. The first-order valence-corrected chi connectivity index (χ1v) is 11.0. The molecule has 0 aliphatic rings. The quantitative estimate of drug-likeness (QED) is 0.275. The topological polar surface area (TPSA) is 132 Å². The van der Waals surface area contributed by atoms with E-state index >= 15 is 0 Å². The Labute approximate surface area is 204 Å². The summed E-state index contributed by atoms with van der Waals surface area (Å²) in [6.07, 6.45) is 1.30. The molecule has 0 aliphatic carbocycles. The number of carbonyl (C=O) groups is 3. The maximum atomic E-state index is 13.9. The molecule has 178 valence electrons. The fraction of sp³-hybridized carbons (Fsp3) is 0.120. The van der Waals surface area contributed by atoms with Crippen molar-refractivity contribution < 1.29 is 28.2 Å². The van der Waals surface area contributed by atoms with E-state index in [2.05, 4.69) is 5.32 Å². The van der Waals surface area contributed by atoms with Crippen molar-refractivity contribution in [3.63, 3.8) is 0 Å². The van der Waals surface area contributed by atoms with Crippen LogP contribution in [0.3, 0.4) is 0 Å². The first-order valence-electron chi connectivity index (χ1n) is 10.2. The molecule has 2 amide bonds. The van der Waals surface area contributed by atoms with E-state index in [0.717, 1.165) is 18.4 Å². The summed E-state index contributed by atoms with van der Waals surface area (Å²) in [5.41, 5.74) is 6.05. The van der Waals surface area contributed by atoms with Gasteiger partial charge in [-0.1, -0.05) is 36.4 Å². The molecule has 35 heavy (non-hydrogen) atoms. The highest BCUT2D eigenvalue weighted by molar-refractivity contribution is 7.18. The van der Waals surface area contributed by atoms with Crippen molar-refractivity contribution in [2.24, 2.45) is 5.73 Å². The molecule has 2 aromatic carbocycles. The average molecular weight is 494 g/mol. The van der Waals surface area contributed by atoms with Crippen molar-refractivity contribution in [2.75, 3.05) is 12.4 Å². The van der Waals surface area contributed by atoms with Gasteiger partial charge in [-0.15, -0.1) is 11.3 Å². The number of para-hydroxylation sites is 1. The Balaban J connectivity index is 1.89. The number of methoxy groups -OCH3 is 1. The fourth-order valence-corrected chi connectivity index (χ4v) is 4.20. The predicted octanol–water partition coefficient (Wildman–Crippen LogP) is 4.21. The maximum Gasteiger partial charge on any atom is 0.341 e. The molecule has 3 N–H and O–H groups in total. The SMILES string of the molecule is COC(=O)c1c(NC(=O)/C(C#N)=C/c2ccccc2OCc2ccccc2F)sc(C(N)=O)c1C. The third-order valence-corrected chi connectivity index (χ3v) is 6.13. The van der Waals surface area contributed by atoms with Crippen molar-refractivity contribution in [1.29, 1.82) is 5.26 Å². The molecule has 1 heterocycles. The molecule has 0 saturated heterocycles. The van der Waals surface area contributed by atoms with Gasteiger partial charge in [-0.3, -0.25) is 9.59 Å². The summed E-state index contributed by atoms with van der Waals surface area (Å²) >= 11 is 0.807. The molecule has 0 aliphatic heterocycles. The summed E-state index contributed by atoms with van der Waals surface area (Å²) < 4.78 is 24.4. The molecule has 8 nitrogen and oxygen atoms in total. The van der Waals surface area contributed by atoms with Crippen LogP contribution in [-0.4, -0.2) is 24.9 Å². The lowest BCUT2D eigenvalue weighted by Gasteiger charge is -2.10. The molecule has 0 unspecified atom stereocenters. The smallest absolute Gasteiger partial charge is 0.341 e. The molecule has 0 bridgehead atoms. The molecule has 0 atom stereocenters. The number of carbonyl (C=O) groups excluding carboxylic acids is 3. The van der Waals surface area contributed by atoms with Gasteiger partial charge in [-0.25, -0.2) is 9.18 Å². The summed E-state index contributed by atoms with van der Waals surface area (Å²) in [5, 5.41) is 12.1. The number of primary amides is 1. The molecule has 0 spiro atoms. The zero-order chi connectivity index (χ0) is 25.5. The number of hydrogen-bond donors (Lipinski definition) is 2. The monoisotopic (exact) mass is 493 g/mol. The van der Waals surface area contributed by atoms with Crippen LogP contribution in [0.5, 0.6) is 5.75 Å². The number of hydrogen-bond acceptors (Lipinski definition) is 7. The Bertz CT molecular complexity index is 1370. The van der Waals surface area contributed by atoms with Crippen LogP contribution in [0.25, 0.3) is 6.08 Å². The Hall–Kier alpha value is -4.49. The zero-order valence-electron chi connectivity index (χ0n) is 18.8. The standard InChI is InChI=1S/C25H20FN3O5S/c1-14-20(25(32)33-2)24(35-21(14)22(28)30)29-23(31)17(12-27)11-15-7-4-6-10-19(15)34-13-16-8-3-5-9-18(16)26/h3-11H,13H2,1-2H3,(H2,28,30)(H,29,31)/b17-11+. The van der Waals surface area contributed by atoms with Gasteiger partial charge in [-0.05, 0) is 30.7 Å². The number of anilines is 1. The van der Waals surface area contributed by atoms with E-state index in [1.165, 1.54) is 19.1 Å². The van der Waals surface area contributed by atoms with Crippen LogP contribution in [0, 0.1) is 24.1 Å². The molecule has 1 aromatic heterocycles. The lowest BCUT2D eigenvalue weighted by molar-refractivity contribution is -0.112. The normalized spacial score (nSPS) is 10.9. The van der Waals surface area contributed by atoms with E-state index in [-0.39, 0.29) is 33.2 Å². The molecule has 0 fully saturated rings. The van der Waals surface area contributed by atoms with Gasteiger partial charge in [0.1, 0.15) is 34.8 Å².